The van der Waals surface area contributed by atoms with Gasteiger partial charge in [-0.05, 0) is 34.5 Å². The molecule has 0 saturated carbocycles. The first-order valence-corrected chi connectivity index (χ1v) is 7.99. The number of amides is 2. The van der Waals surface area contributed by atoms with Crippen LogP contribution in [0.2, 0.25) is 0 Å². The van der Waals surface area contributed by atoms with Gasteiger partial charge in [0.25, 0.3) is 5.91 Å². The highest BCUT2D eigenvalue weighted by Crippen LogP contribution is 2.22. The van der Waals surface area contributed by atoms with Crippen LogP contribution in [-0.2, 0) is 9.59 Å². The minimum Gasteiger partial charge on any atom is -0.480 e. The van der Waals surface area contributed by atoms with E-state index in [9.17, 15) is 14.4 Å². The summed E-state index contributed by atoms with van der Waals surface area (Å²) in [6.07, 6.45) is 1.01. The molecule has 1 unspecified atom stereocenters. The summed E-state index contributed by atoms with van der Waals surface area (Å²) in [6, 6.07) is 2.51. The van der Waals surface area contributed by atoms with Gasteiger partial charge in [0.05, 0.1) is 15.2 Å². The van der Waals surface area contributed by atoms with Crippen molar-refractivity contribution < 1.29 is 19.5 Å². The van der Waals surface area contributed by atoms with Crippen LogP contribution in [0.4, 0.5) is 0 Å². The predicted molar refractivity (Wildman–Crippen MR) is 83.5 cm³/mol. The van der Waals surface area contributed by atoms with E-state index in [1.165, 1.54) is 23.3 Å². The van der Waals surface area contributed by atoms with Crippen molar-refractivity contribution in [2.75, 3.05) is 13.6 Å². The lowest BCUT2D eigenvalue weighted by Crippen LogP contribution is -2.45. The van der Waals surface area contributed by atoms with Crippen molar-refractivity contribution in [3.8, 4) is 0 Å². The van der Waals surface area contributed by atoms with Gasteiger partial charge in [0, 0.05) is 7.05 Å². The van der Waals surface area contributed by atoms with Gasteiger partial charge in [-0.25, -0.2) is 4.79 Å². The van der Waals surface area contributed by atoms with Gasteiger partial charge in [-0.2, -0.15) is 0 Å². The molecule has 0 bridgehead atoms. The molecule has 1 atom stereocenters. The Bertz CT molecular complexity index is 532. The van der Waals surface area contributed by atoms with Gasteiger partial charge in [-0.15, -0.1) is 11.3 Å². The molecule has 1 aromatic heterocycles. The number of nitrogens with zero attached hydrogens (tertiary/aromatic N) is 1. The SMILES string of the molecule is CCCC(NC(=O)CN(C)C(=O)c1ccc(Br)s1)C(=O)O. The summed E-state index contributed by atoms with van der Waals surface area (Å²) in [7, 11) is 1.51. The largest absolute Gasteiger partial charge is 0.480 e. The lowest BCUT2D eigenvalue weighted by Gasteiger charge is -2.18. The molecule has 0 aliphatic carbocycles. The van der Waals surface area contributed by atoms with E-state index < -0.39 is 17.9 Å². The zero-order chi connectivity index (χ0) is 16.0. The van der Waals surface area contributed by atoms with Crippen molar-refractivity contribution in [1.82, 2.24) is 10.2 Å². The van der Waals surface area contributed by atoms with E-state index in [4.69, 9.17) is 5.11 Å². The number of carboxylic acid groups (broad SMARTS) is 1. The van der Waals surface area contributed by atoms with Gasteiger partial charge in [0.15, 0.2) is 0 Å². The fourth-order valence-corrected chi connectivity index (χ4v) is 3.07. The number of hydrogen-bond donors (Lipinski definition) is 2. The van der Waals surface area contributed by atoms with E-state index in [1.54, 1.807) is 12.1 Å². The summed E-state index contributed by atoms with van der Waals surface area (Å²) in [5, 5.41) is 11.4. The maximum Gasteiger partial charge on any atom is 0.326 e. The van der Waals surface area contributed by atoms with Crippen molar-refractivity contribution in [2.45, 2.75) is 25.8 Å². The lowest BCUT2D eigenvalue weighted by molar-refractivity contribution is -0.142. The van der Waals surface area contributed by atoms with E-state index in [0.717, 1.165) is 3.79 Å². The molecule has 0 saturated heterocycles. The maximum atomic E-state index is 12.1. The number of nitrogens with one attached hydrogen (secondary N) is 1. The average Bonchev–Trinajstić information content (AvgIpc) is 2.83. The number of aliphatic carboxylic acids is 1. The molecule has 0 spiro atoms. The van der Waals surface area contributed by atoms with Gasteiger partial charge >= 0.3 is 5.97 Å². The van der Waals surface area contributed by atoms with Crippen LogP contribution in [0.15, 0.2) is 15.9 Å². The number of rotatable bonds is 7. The summed E-state index contributed by atoms with van der Waals surface area (Å²) in [4.78, 5) is 36.6. The zero-order valence-corrected chi connectivity index (χ0v) is 14.2. The van der Waals surface area contributed by atoms with Crippen LogP contribution < -0.4 is 5.32 Å². The molecular weight excluding hydrogens is 360 g/mol. The Morgan fingerprint density at radius 2 is 2.10 bits per heavy atom. The van der Waals surface area contributed by atoms with E-state index in [-0.39, 0.29) is 12.5 Å². The molecule has 8 heteroatoms. The van der Waals surface area contributed by atoms with Crippen LogP contribution in [0.5, 0.6) is 0 Å². The molecule has 0 aromatic carbocycles. The lowest BCUT2D eigenvalue weighted by atomic mass is 10.1. The minimum absolute atomic E-state index is 0.179. The predicted octanol–water partition coefficient (Wildman–Crippen LogP) is 1.95. The van der Waals surface area contributed by atoms with Crippen molar-refractivity contribution in [1.29, 1.82) is 0 Å². The number of carbonyl (C=O) groups excluding carboxylic acids is 2. The molecule has 1 heterocycles. The first-order chi connectivity index (χ1) is 9.85. The van der Waals surface area contributed by atoms with Crippen LogP contribution in [-0.4, -0.2) is 47.4 Å². The van der Waals surface area contributed by atoms with Gasteiger partial charge in [0.1, 0.15) is 6.04 Å². The van der Waals surface area contributed by atoms with E-state index in [2.05, 4.69) is 21.2 Å². The molecule has 116 valence electrons. The maximum absolute atomic E-state index is 12.1. The Morgan fingerprint density at radius 3 is 2.57 bits per heavy atom. The highest BCUT2D eigenvalue weighted by molar-refractivity contribution is 9.11. The van der Waals surface area contributed by atoms with Crippen molar-refractivity contribution in [3.63, 3.8) is 0 Å². The van der Waals surface area contributed by atoms with Crippen molar-refractivity contribution in [2.24, 2.45) is 0 Å². The molecule has 0 radical (unpaired) electrons. The molecule has 2 N–H and O–H groups in total. The fraction of sp³-hybridized carbons (Fsp3) is 0.462. The Balaban J connectivity index is 2.57. The third kappa shape index (κ3) is 5.47. The topological polar surface area (TPSA) is 86.7 Å². The smallest absolute Gasteiger partial charge is 0.326 e. The summed E-state index contributed by atoms with van der Waals surface area (Å²) < 4.78 is 0.831. The second-order valence-corrected chi connectivity index (χ2v) is 6.97. The van der Waals surface area contributed by atoms with Gasteiger partial charge in [-0.3, -0.25) is 9.59 Å². The number of carbonyl (C=O) groups is 3. The molecular formula is C13H17BrN2O4S. The molecule has 0 fully saturated rings. The molecule has 1 aromatic rings. The number of carboxylic acids is 1. The van der Waals surface area contributed by atoms with Gasteiger partial charge in [-0.1, -0.05) is 13.3 Å². The third-order valence-corrected chi connectivity index (χ3v) is 4.33. The second-order valence-electron chi connectivity index (χ2n) is 4.51. The first kappa shape index (κ1) is 17.6. The quantitative estimate of drug-likeness (QED) is 0.761. The zero-order valence-electron chi connectivity index (χ0n) is 11.8. The number of hydrogen-bond acceptors (Lipinski definition) is 4. The summed E-state index contributed by atoms with van der Waals surface area (Å²) >= 11 is 4.55. The van der Waals surface area contributed by atoms with Crippen LogP contribution in [0.3, 0.4) is 0 Å². The molecule has 2 amide bonds. The molecule has 0 aliphatic heterocycles. The van der Waals surface area contributed by atoms with Gasteiger partial charge in [0.2, 0.25) is 5.91 Å². The monoisotopic (exact) mass is 376 g/mol. The summed E-state index contributed by atoms with van der Waals surface area (Å²) in [5.41, 5.74) is 0. The van der Waals surface area contributed by atoms with Gasteiger partial charge < -0.3 is 15.3 Å². The second kappa shape index (κ2) is 8.14. The van der Waals surface area contributed by atoms with E-state index in [0.29, 0.717) is 17.7 Å². The first-order valence-electron chi connectivity index (χ1n) is 6.38. The average molecular weight is 377 g/mol. The summed E-state index contributed by atoms with van der Waals surface area (Å²) in [6.45, 7) is 1.66. The highest BCUT2D eigenvalue weighted by Gasteiger charge is 2.21. The number of halogens is 1. The molecule has 6 nitrogen and oxygen atoms in total. The Labute approximate surface area is 135 Å². The molecule has 1 rings (SSSR count). The van der Waals surface area contributed by atoms with Crippen LogP contribution in [0, 0.1) is 0 Å². The summed E-state index contributed by atoms with van der Waals surface area (Å²) in [5.74, 6) is -1.83. The molecule has 0 aliphatic rings. The third-order valence-electron chi connectivity index (χ3n) is 2.72. The standard InChI is InChI=1S/C13H17BrN2O4S/c1-3-4-8(13(19)20)15-11(17)7-16(2)12(18)9-5-6-10(14)21-9/h5-6,8H,3-4,7H2,1-2H3,(H,15,17)(H,19,20). The Kier molecular flexibility index (Phi) is 6.83. The number of likely N-dealkylation sites (N-methyl/N-ethyl adjacent to an activating group) is 1. The van der Waals surface area contributed by atoms with E-state index >= 15 is 0 Å². The van der Waals surface area contributed by atoms with Crippen LogP contribution >= 0.6 is 27.3 Å². The van der Waals surface area contributed by atoms with Crippen LogP contribution in [0.25, 0.3) is 0 Å². The Hall–Kier alpha value is -1.41. The van der Waals surface area contributed by atoms with Crippen molar-refractivity contribution >= 4 is 45.1 Å². The van der Waals surface area contributed by atoms with Crippen molar-refractivity contribution in [3.05, 3.63) is 20.8 Å². The fourth-order valence-electron chi connectivity index (χ4n) is 1.69. The Morgan fingerprint density at radius 1 is 1.43 bits per heavy atom. The molecule has 21 heavy (non-hydrogen) atoms. The van der Waals surface area contributed by atoms with E-state index in [1.807, 2.05) is 6.92 Å². The minimum atomic E-state index is -1.07. The normalized spacial score (nSPS) is 11.8. The number of thiophene rings is 1. The van der Waals surface area contributed by atoms with Crippen LogP contribution in [0.1, 0.15) is 29.4 Å². The highest BCUT2D eigenvalue weighted by atomic mass is 79.9.